The van der Waals surface area contributed by atoms with Crippen LogP contribution >= 0.6 is 11.6 Å². The maximum atomic E-state index is 11.8. The normalized spacial score (nSPS) is 11.7. The van der Waals surface area contributed by atoms with Gasteiger partial charge in [-0.05, 0) is 65.2 Å². The predicted octanol–water partition coefficient (Wildman–Crippen LogP) is 5.87. The number of hydrogen-bond acceptors (Lipinski definition) is 7. The Labute approximate surface area is 187 Å². The summed E-state index contributed by atoms with van der Waals surface area (Å²) in [6.07, 6.45) is 3.01. The largest absolute Gasteiger partial charge is 0.460 e. The average Bonchev–Trinajstić information content (AvgIpc) is 3.01. The van der Waals surface area contributed by atoms with Crippen molar-refractivity contribution in [1.29, 1.82) is 0 Å². The van der Waals surface area contributed by atoms with Gasteiger partial charge in [-0.25, -0.2) is 9.97 Å². The van der Waals surface area contributed by atoms with Gasteiger partial charge in [0, 0.05) is 18.5 Å². The number of carbonyl (C=O) groups excluding carboxylic acids is 1. The number of esters is 1. The van der Waals surface area contributed by atoms with E-state index in [0.717, 1.165) is 52.9 Å². The van der Waals surface area contributed by atoms with E-state index in [9.17, 15) is 4.79 Å². The maximum Gasteiger partial charge on any atom is 0.306 e. The van der Waals surface area contributed by atoms with E-state index in [4.69, 9.17) is 20.9 Å². The number of carbonyl (C=O) groups is 1. The van der Waals surface area contributed by atoms with Crippen LogP contribution in [0.1, 0.15) is 57.9 Å². The lowest BCUT2D eigenvalue weighted by atomic mass is 10.0. The first-order valence-electron chi connectivity index (χ1n) is 10.5. The van der Waals surface area contributed by atoms with E-state index in [1.807, 2.05) is 52.8 Å². The highest BCUT2D eigenvalue weighted by Crippen LogP contribution is 2.30. The second-order valence-electron chi connectivity index (χ2n) is 8.59. The van der Waals surface area contributed by atoms with Crippen LogP contribution in [-0.2, 0) is 9.53 Å². The van der Waals surface area contributed by atoms with Crippen molar-refractivity contribution in [2.24, 2.45) is 0 Å². The number of aryl methyl sites for hydroxylation is 2. The van der Waals surface area contributed by atoms with Crippen LogP contribution in [-0.4, -0.2) is 33.2 Å². The zero-order valence-corrected chi connectivity index (χ0v) is 19.5. The van der Waals surface area contributed by atoms with Crippen LogP contribution in [0.25, 0.3) is 22.2 Å². The van der Waals surface area contributed by atoms with E-state index in [0.29, 0.717) is 23.9 Å². The minimum atomic E-state index is -0.435. The van der Waals surface area contributed by atoms with E-state index >= 15 is 0 Å². The van der Waals surface area contributed by atoms with Crippen LogP contribution in [0.4, 0.5) is 5.82 Å². The van der Waals surface area contributed by atoms with Crippen LogP contribution < -0.4 is 5.32 Å². The summed E-state index contributed by atoms with van der Waals surface area (Å²) in [6, 6.07) is 5.84. The first kappa shape index (κ1) is 23.0. The fourth-order valence-electron chi connectivity index (χ4n) is 3.37. The number of ether oxygens (including phenoxy) is 1. The number of hydrogen-bond donors (Lipinski definition) is 1. The Morgan fingerprint density at radius 2 is 1.90 bits per heavy atom. The molecule has 0 unspecified atom stereocenters. The zero-order valence-electron chi connectivity index (χ0n) is 18.7. The highest BCUT2D eigenvalue weighted by Gasteiger charge is 2.16. The summed E-state index contributed by atoms with van der Waals surface area (Å²) in [4.78, 5) is 20.9. The molecule has 0 saturated carbocycles. The van der Waals surface area contributed by atoms with Crippen LogP contribution in [0.2, 0.25) is 5.15 Å². The molecule has 3 aromatic rings. The summed E-state index contributed by atoms with van der Waals surface area (Å²) in [5.41, 5.74) is 3.82. The number of aromatic nitrogens is 3. The van der Waals surface area contributed by atoms with Gasteiger partial charge in [0.05, 0.1) is 16.7 Å². The second kappa shape index (κ2) is 9.64. The quantitative estimate of drug-likeness (QED) is 0.343. The summed E-state index contributed by atoms with van der Waals surface area (Å²) in [5, 5.41) is 7.62. The van der Waals surface area contributed by atoms with Gasteiger partial charge in [0.2, 0.25) is 0 Å². The van der Waals surface area contributed by atoms with Crippen LogP contribution in [0, 0.1) is 13.8 Å². The predicted molar refractivity (Wildman–Crippen MR) is 122 cm³/mol. The lowest BCUT2D eigenvalue weighted by Gasteiger charge is -2.19. The Bertz CT molecular complexity index is 1050. The van der Waals surface area contributed by atoms with Gasteiger partial charge in [-0.3, -0.25) is 4.79 Å². The standard InChI is InChI=1S/C23H29ClN4O3/c1-14-20(15(2)31-28-14)16-10-11-17-18(13-16)27-22(21(24)26-17)25-12-8-6-7-9-19(29)30-23(3,4)5/h10-11,13H,6-9,12H2,1-5H3,(H,25,27). The van der Waals surface area contributed by atoms with Crippen molar-refractivity contribution in [3.63, 3.8) is 0 Å². The Kier molecular flexibility index (Phi) is 7.15. The Balaban J connectivity index is 1.58. The van der Waals surface area contributed by atoms with Gasteiger partial charge in [0.1, 0.15) is 11.4 Å². The second-order valence-corrected chi connectivity index (χ2v) is 8.95. The molecule has 0 spiro atoms. The van der Waals surface area contributed by atoms with Gasteiger partial charge in [-0.2, -0.15) is 0 Å². The van der Waals surface area contributed by atoms with Gasteiger partial charge >= 0.3 is 5.97 Å². The fourth-order valence-corrected chi connectivity index (χ4v) is 3.57. The van der Waals surface area contributed by atoms with Crippen LogP contribution in [0.3, 0.4) is 0 Å². The molecule has 1 aromatic carbocycles. The molecule has 7 nitrogen and oxygen atoms in total. The van der Waals surface area contributed by atoms with Crippen molar-refractivity contribution in [2.75, 3.05) is 11.9 Å². The summed E-state index contributed by atoms with van der Waals surface area (Å²) in [6.45, 7) is 10.1. The maximum absolute atomic E-state index is 11.8. The Morgan fingerprint density at radius 1 is 1.13 bits per heavy atom. The topological polar surface area (TPSA) is 90.1 Å². The molecule has 0 aliphatic rings. The third-order valence-electron chi connectivity index (χ3n) is 4.71. The molecule has 0 bridgehead atoms. The van der Waals surface area contributed by atoms with Crippen molar-refractivity contribution in [3.8, 4) is 11.1 Å². The van der Waals surface area contributed by atoms with Crippen molar-refractivity contribution in [3.05, 3.63) is 34.8 Å². The Morgan fingerprint density at radius 3 is 2.58 bits per heavy atom. The van der Waals surface area contributed by atoms with Gasteiger partial charge < -0.3 is 14.6 Å². The molecule has 3 rings (SSSR count). The molecule has 31 heavy (non-hydrogen) atoms. The monoisotopic (exact) mass is 444 g/mol. The molecule has 0 amide bonds. The molecular formula is C23H29ClN4O3. The molecule has 0 aliphatic carbocycles. The number of halogens is 1. The van der Waals surface area contributed by atoms with Gasteiger partial charge in [-0.15, -0.1) is 0 Å². The van der Waals surface area contributed by atoms with Crippen molar-refractivity contribution >= 4 is 34.4 Å². The molecule has 0 saturated heterocycles. The minimum Gasteiger partial charge on any atom is -0.460 e. The number of nitrogens with one attached hydrogen (secondary N) is 1. The molecule has 1 N–H and O–H groups in total. The molecule has 0 aliphatic heterocycles. The van der Waals surface area contributed by atoms with Gasteiger partial charge in [0.25, 0.3) is 0 Å². The van der Waals surface area contributed by atoms with Crippen molar-refractivity contribution < 1.29 is 14.1 Å². The summed E-state index contributed by atoms with van der Waals surface area (Å²) >= 11 is 6.31. The molecule has 8 heteroatoms. The average molecular weight is 445 g/mol. The van der Waals surface area contributed by atoms with Crippen molar-refractivity contribution in [2.45, 2.75) is 65.9 Å². The lowest BCUT2D eigenvalue weighted by molar-refractivity contribution is -0.154. The summed E-state index contributed by atoms with van der Waals surface area (Å²) in [5.74, 6) is 1.17. The SMILES string of the molecule is Cc1noc(C)c1-c1ccc2nc(Cl)c(NCCCCCC(=O)OC(C)(C)C)nc2c1. The molecular weight excluding hydrogens is 416 g/mol. The number of anilines is 1. The first-order chi connectivity index (χ1) is 14.6. The Hall–Kier alpha value is -2.67. The number of unbranched alkanes of at least 4 members (excludes halogenated alkanes) is 2. The highest BCUT2D eigenvalue weighted by molar-refractivity contribution is 6.32. The highest BCUT2D eigenvalue weighted by atomic mass is 35.5. The number of rotatable bonds is 8. The van der Waals surface area contributed by atoms with E-state index in [1.165, 1.54) is 0 Å². The third-order valence-corrected chi connectivity index (χ3v) is 4.98. The molecule has 0 radical (unpaired) electrons. The van der Waals surface area contributed by atoms with E-state index < -0.39 is 5.60 Å². The molecule has 2 heterocycles. The number of benzene rings is 1. The number of fused-ring (bicyclic) bond motifs is 1. The smallest absolute Gasteiger partial charge is 0.306 e. The van der Waals surface area contributed by atoms with Crippen LogP contribution in [0.5, 0.6) is 0 Å². The third kappa shape index (κ3) is 6.17. The zero-order chi connectivity index (χ0) is 22.6. The van der Waals surface area contributed by atoms with E-state index in [-0.39, 0.29) is 5.97 Å². The van der Waals surface area contributed by atoms with Crippen LogP contribution in [0.15, 0.2) is 22.7 Å². The van der Waals surface area contributed by atoms with Gasteiger partial charge in [-0.1, -0.05) is 29.2 Å². The first-order valence-corrected chi connectivity index (χ1v) is 10.9. The van der Waals surface area contributed by atoms with Crippen molar-refractivity contribution in [1.82, 2.24) is 15.1 Å². The molecule has 0 fully saturated rings. The minimum absolute atomic E-state index is 0.155. The summed E-state index contributed by atoms with van der Waals surface area (Å²) in [7, 11) is 0. The van der Waals surface area contributed by atoms with Gasteiger partial charge in [0.15, 0.2) is 11.0 Å². The fraction of sp³-hybridized carbons (Fsp3) is 0.478. The molecule has 166 valence electrons. The summed E-state index contributed by atoms with van der Waals surface area (Å²) < 4.78 is 10.6. The van der Waals surface area contributed by atoms with E-state index in [1.54, 1.807) is 0 Å². The number of nitrogens with zero attached hydrogens (tertiary/aromatic N) is 3. The molecule has 2 aromatic heterocycles. The molecule has 0 atom stereocenters. The lowest BCUT2D eigenvalue weighted by Crippen LogP contribution is -2.23. The van der Waals surface area contributed by atoms with E-state index in [2.05, 4.69) is 20.4 Å².